The molecule has 0 amide bonds. The molecular weight excluding hydrogens is 316 g/mol. The van der Waals surface area contributed by atoms with Crippen LogP contribution in [0.3, 0.4) is 0 Å². The Morgan fingerprint density at radius 1 is 1.38 bits per heavy atom. The van der Waals surface area contributed by atoms with Gasteiger partial charge in [0.25, 0.3) is 11.2 Å². The molecule has 0 saturated carbocycles. The third-order valence-corrected chi connectivity index (χ3v) is 3.36. The SMILES string of the molecule is CCCCOn1cc(-c2ccccc2[N+](=O)[O-])cc(C(=O)O)c1=O. The van der Waals surface area contributed by atoms with Gasteiger partial charge >= 0.3 is 5.97 Å². The first-order valence-electron chi connectivity index (χ1n) is 7.32. The van der Waals surface area contributed by atoms with Gasteiger partial charge in [0.2, 0.25) is 0 Å². The second-order valence-corrected chi connectivity index (χ2v) is 5.04. The second-order valence-electron chi connectivity index (χ2n) is 5.04. The molecule has 0 atom stereocenters. The van der Waals surface area contributed by atoms with E-state index in [9.17, 15) is 24.8 Å². The summed E-state index contributed by atoms with van der Waals surface area (Å²) >= 11 is 0. The van der Waals surface area contributed by atoms with E-state index in [4.69, 9.17) is 4.84 Å². The van der Waals surface area contributed by atoms with Gasteiger partial charge in [-0.1, -0.05) is 25.5 Å². The Balaban J connectivity index is 2.60. The molecule has 2 aromatic rings. The summed E-state index contributed by atoms with van der Waals surface area (Å²) in [5.41, 5.74) is -1.09. The number of rotatable bonds is 7. The van der Waals surface area contributed by atoms with Gasteiger partial charge in [-0.15, -0.1) is 0 Å². The molecular formula is C16H16N2O6. The summed E-state index contributed by atoms with van der Waals surface area (Å²) in [5.74, 6) is -1.42. The molecule has 1 N–H and O–H groups in total. The maximum atomic E-state index is 12.1. The van der Waals surface area contributed by atoms with Crippen molar-refractivity contribution in [2.24, 2.45) is 0 Å². The highest BCUT2D eigenvalue weighted by Gasteiger charge is 2.19. The van der Waals surface area contributed by atoms with E-state index in [2.05, 4.69) is 0 Å². The number of carbonyl (C=O) groups is 1. The Morgan fingerprint density at radius 3 is 2.71 bits per heavy atom. The molecule has 24 heavy (non-hydrogen) atoms. The van der Waals surface area contributed by atoms with Crippen LogP contribution >= 0.6 is 0 Å². The zero-order valence-corrected chi connectivity index (χ0v) is 13.0. The molecule has 1 aromatic heterocycles. The third kappa shape index (κ3) is 3.60. The normalized spacial score (nSPS) is 10.4. The van der Waals surface area contributed by atoms with E-state index in [0.717, 1.165) is 17.2 Å². The minimum Gasteiger partial charge on any atom is -0.477 e. The standard InChI is InChI=1S/C16H16N2O6/c1-2-3-8-24-17-10-11(9-13(15(17)19)16(20)21)12-6-4-5-7-14(12)18(22)23/h4-7,9-10H,2-3,8H2,1H3,(H,20,21). The third-order valence-electron chi connectivity index (χ3n) is 3.36. The van der Waals surface area contributed by atoms with Gasteiger partial charge < -0.3 is 9.94 Å². The van der Waals surface area contributed by atoms with Crippen molar-refractivity contribution < 1.29 is 19.7 Å². The van der Waals surface area contributed by atoms with Crippen molar-refractivity contribution in [3.8, 4) is 11.1 Å². The highest BCUT2D eigenvalue weighted by atomic mass is 16.7. The molecule has 0 radical (unpaired) electrons. The van der Waals surface area contributed by atoms with E-state index in [1.165, 1.54) is 24.4 Å². The van der Waals surface area contributed by atoms with Crippen molar-refractivity contribution in [2.45, 2.75) is 19.8 Å². The van der Waals surface area contributed by atoms with Crippen molar-refractivity contribution >= 4 is 11.7 Å². The Labute approximate surface area is 137 Å². The van der Waals surface area contributed by atoms with Crippen LogP contribution in [0.15, 0.2) is 41.3 Å². The number of carboxylic acids is 1. The smallest absolute Gasteiger partial charge is 0.341 e. The molecule has 1 heterocycles. The number of para-hydroxylation sites is 1. The number of unbranched alkanes of at least 4 members (excludes halogenated alkanes) is 1. The van der Waals surface area contributed by atoms with E-state index in [-0.39, 0.29) is 23.4 Å². The molecule has 126 valence electrons. The highest BCUT2D eigenvalue weighted by Crippen LogP contribution is 2.29. The molecule has 2 rings (SSSR count). The quantitative estimate of drug-likeness (QED) is 0.473. The van der Waals surface area contributed by atoms with Crippen LogP contribution in [0.25, 0.3) is 11.1 Å². The number of nitro benzene ring substituents is 1. The van der Waals surface area contributed by atoms with Crippen LogP contribution in [0.4, 0.5) is 5.69 Å². The predicted molar refractivity (Wildman–Crippen MR) is 86.1 cm³/mol. The van der Waals surface area contributed by atoms with Crippen molar-refractivity contribution in [2.75, 3.05) is 6.61 Å². The van der Waals surface area contributed by atoms with Crippen molar-refractivity contribution in [3.63, 3.8) is 0 Å². The molecule has 0 aliphatic heterocycles. The summed E-state index contributed by atoms with van der Waals surface area (Å²) in [7, 11) is 0. The first-order chi connectivity index (χ1) is 11.5. The van der Waals surface area contributed by atoms with E-state index in [0.29, 0.717) is 6.42 Å². The number of pyridine rings is 1. The van der Waals surface area contributed by atoms with Gasteiger partial charge in [0.1, 0.15) is 12.2 Å². The van der Waals surface area contributed by atoms with Crippen LogP contribution in [0, 0.1) is 10.1 Å². The minimum atomic E-state index is -1.42. The van der Waals surface area contributed by atoms with E-state index >= 15 is 0 Å². The van der Waals surface area contributed by atoms with Gasteiger partial charge in [0.15, 0.2) is 0 Å². The van der Waals surface area contributed by atoms with Crippen LogP contribution in [0.2, 0.25) is 0 Å². The first kappa shape index (κ1) is 17.2. The van der Waals surface area contributed by atoms with Gasteiger partial charge in [0.05, 0.1) is 16.7 Å². The van der Waals surface area contributed by atoms with Crippen LogP contribution in [0.5, 0.6) is 0 Å². The number of nitrogens with zero attached hydrogens (tertiary/aromatic N) is 2. The fourth-order valence-electron chi connectivity index (χ4n) is 2.14. The molecule has 1 aromatic carbocycles. The first-order valence-corrected chi connectivity index (χ1v) is 7.32. The molecule has 0 fully saturated rings. The minimum absolute atomic E-state index is 0.187. The van der Waals surface area contributed by atoms with Crippen molar-refractivity contribution in [1.29, 1.82) is 0 Å². The Hall–Kier alpha value is -3.16. The number of aromatic nitrogens is 1. The number of hydrogen-bond acceptors (Lipinski definition) is 5. The second kappa shape index (κ2) is 7.40. The Kier molecular flexibility index (Phi) is 5.31. The van der Waals surface area contributed by atoms with Crippen molar-refractivity contribution in [1.82, 2.24) is 4.73 Å². The zero-order chi connectivity index (χ0) is 17.7. The fraction of sp³-hybridized carbons (Fsp3) is 0.250. The Bertz CT molecular complexity index is 828. The van der Waals surface area contributed by atoms with E-state index in [1.54, 1.807) is 6.07 Å². The summed E-state index contributed by atoms with van der Waals surface area (Å²) in [6.07, 6.45) is 2.79. The Morgan fingerprint density at radius 2 is 2.08 bits per heavy atom. The zero-order valence-electron chi connectivity index (χ0n) is 13.0. The van der Waals surface area contributed by atoms with Crippen molar-refractivity contribution in [3.05, 3.63) is 62.6 Å². The molecule has 0 unspecified atom stereocenters. The molecule has 0 spiro atoms. The lowest BCUT2D eigenvalue weighted by atomic mass is 10.0. The van der Waals surface area contributed by atoms with Crippen LogP contribution < -0.4 is 10.4 Å². The number of carboxylic acid groups (broad SMARTS) is 1. The van der Waals surface area contributed by atoms with Crippen LogP contribution in [-0.2, 0) is 0 Å². The predicted octanol–water partition coefficient (Wildman–Crippen LogP) is 2.35. The summed E-state index contributed by atoms with van der Waals surface area (Å²) in [4.78, 5) is 39.3. The van der Waals surface area contributed by atoms with Gasteiger partial charge in [0, 0.05) is 11.6 Å². The maximum Gasteiger partial charge on any atom is 0.341 e. The van der Waals surface area contributed by atoms with E-state index < -0.39 is 22.0 Å². The summed E-state index contributed by atoms with van der Waals surface area (Å²) in [5, 5.41) is 20.4. The summed E-state index contributed by atoms with van der Waals surface area (Å²) < 4.78 is 0.825. The van der Waals surface area contributed by atoms with Gasteiger partial charge in [-0.3, -0.25) is 14.9 Å². The molecule has 0 aliphatic rings. The lowest BCUT2D eigenvalue weighted by molar-refractivity contribution is -0.384. The molecule has 8 heteroatoms. The van der Waals surface area contributed by atoms with Gasteiger partial charge in [-0.2, -0.15) is 4.73 Å². The monoisotopic (exact) mass is 332 g/mol. The fourth-order valence-corrected chi connectivity index (χ4v) is 2.14. The number of aromatic carboxylic acids is 1. The maximum absolute atomic E-state index is 12.1. The largest absolute Gasteiger partial charge is 0.477 e. The average molecular weight is 332 g/mol. The lowest BCUT2D eigenvalue weighted by Gasteiger charge is -2.11. The molecule has 0 aliphatic carbocycles. The molecule has 0 saturated heterocycles. The van der Waals surface area contributed by atoms with E-state index in [1.807, 2.05) is 6.92 Å². The topological polar surface area (TPSA) is 112 Å². The molecule has 8 nitrogen and oxygen atoms in total. The van der Waals surface area contributed by atoms with Crippen LogP contribution in [0.1, 0.15) is 30.1 Å². The van der Waals surface area contributed by atoms with Crippen LogP contribution in [-0.4, -0.2) is 27.3 Å². The summed E-state index contributed by atoms with van der Waals surface area (Å²) in [6.45, 7) is 2.17. The lowest BCUT2D eigenvalue weighted by Crippen LogP contribution is -2.31. The number of nitro groups is 1. The van der Waals surface area contributed by atoms with Gasteiger partial charge in [-0.05, 0) is 18.6 Å². The molecule has 0 bridgehead atoms. The van der Waals surface area contributed by atoms with Gasteiger partial charge in [-0.25, -0.2) is 4.79 Å². The summed E-state index contributed by atoms with van der Waals surface area (Å²) in [6, 6.07) is 7.01. The average Bonchev–Trinajstić information content (AvgIpc) is 2.56. The highest BCUT2D eigenvalue weighted by molar-refractivity contribution is 5.89. The number of benzene rings is 1. The number of hydrogen-bond donors (Lipinski definition) is 1.